The Balaban J connectivity index is 0.000000370. The van der Waals surface area contributed by atoms with E-state index in [1.165, 1.54) is 7.11 Å². The van der Waals surface area contributed by atoms with Gasteiger partial charge in [-0.25, -0.2) is 16.8 Å². The maximum absolute atomic E-state index is 12.7. The predicted octanol–water partition coefficient (Wildman–Crippen LogP) is 6.29. The van der Waals surface area contributed by atoms with Crippen LogP contribution in [-0.4, -0.2) is 29.9 Å². The first-order valence-corrected chi connectivity index (χ1v) is 15.8. The fourth-order valence-electron chi connectivity index (χ4n) is 3.50. The van der Waals surface area contributed by atoms with Gasteiger partial charge in [0.25, 0.3) is 19.1 Å². The molecule has 0 spiro atoms. The number of hydrogen-bond donors (Lipinski definition) is 1. The molecule has 0 heterocycles. The Morgan fingerprint density at radius 3 is 1.85 bits per heavy atom. The molecule has 0 amide bonds. The van der Waals surface area contributed by atoms with Crippen molar-refractivity contribution in [2.75, 3.05) is 11.8 Å². The van der Waals surface area contributed by atoms with Crippen LogP contribution >= 0.6 is 22.3 Å². The third-order valence-corrected chi connectivity index (χ3v) is 8.03. The predicted molar refractivity (Wildman–Crippen MR) is 155 cm³/mol. The minimum absolute atomic E-state index is 0.160. The summed E-state index contributed by atoms with van der Waals surface area (Å²) in [6.45, 7) is 7.34. The number of benzene rings is 3. The molecule has 0 aromatic heterocycles. The Morgan fingerprint density at radius 1 is 0.846 bits per heavy atom. The van der Waals surface area contributed by atoms with E-state index in [1.807, 2.05) is 39.8 Å². The molecule has 3 aromatic rings. The van der Waals surface area contributed by atoms with E-state index in [0.717, 1.165) is 22.3 Å². The molecule has 0 aliphatic carbocycles. The van der Waals surface area contributed by atoms with Crippen molar-refractivity contribution in [2.45, 2.75) is 50.3 Å². The molecule has 11 heteroatoms. The molecule has 0 saturated heterocycles. The van der Waals surface area contributed by atoms with Gasteiger partial charge >= 0.3 is 5.97 Å². The number of carbonyl (C=O) groups excluding carboxylic acids is 1. The zero-order valence-corrected chi connectivity index (χ0v) is 25.3. The minimum Gasteiger partial charge on any atom is -0.469 e. The molecule has 0 unspecified atom stereocenters. The smallest absolute Gasteiger partial charge is 0.306 e. The molecule has 7 nitrogen and oxygen atoms in total. The van der Waals surface area contributed by atoms with Gasteiger partial charge in [-0.2, -0.15) is 0 Å². The number of nitrogens with one attached hydrogen (secondary N) is 1. The molecule has 1 N–H and O–H groups in total. The SMILES string of the molecule is COC(=O)CCC#Cc1cc(Cl)ccc1NS(=O)(=O)c1cc(C)cc(C)c1.Cc1cc(C)cc(S(=O)(=O)Cl)c1. The highest BCUT2D eigenvalue weighted by atomic mass is 35.7. The van der Waals surface area contributed by atoms with Crippen LogP contribution in [0.25, 0.3) is 0 Å². The lowest BCUT2D eigenvalue weighted by Gasteiger charge is -2.11. The second kappa shape index (κ2) is 13.9. The quantitative estimate of drug-likeness (QED) is 0.200. The summed E-state index contributed by atoms with van der Waals surface area (Å²) in [5.41, 5.74) is 4.26. The van der Waals surface area contributed by atoms with E-state index in [9.17, 15) is 21.6 Å². The zero-order chi connectivity index (χ0) is 29.4. The van der Waals surface area contributed by atoms with Crippen molar-refractivity contribution in [3.05, 3.63) is 87.4 Å². The van der Waals surface area contributed by atoms with E-state index in [0.29, 0.717) is 22.7 Å². The highest BCUT2D eigenvalue weighted by Gasteiger charge is 2.17. The standard InChI is InChI=1S/C20H20ClNO4S.C8H9ClO2S/c1-14-10-15(2)12-18(11-14)27(24,25)22-19-9-8-17(21)13-16(19)6-4-5-7-20(23)26-3;1-6-3-7(2)5-8(4-6)12(9,10)11/h8-13,22H,5,7H2,1-3H3;3-5H,1-2H3. The third kappa shape index (κ3) is 10.6. The van der Waals surface area contributed by atoms with Crippen molar-refractivity contribution >= 4 is 53.0 Å². The lowest BCUT2D eigenvalue weighted by molar-refractivity contribution is -0.140. The summed E-state index contributed by atoms with van der Waals surface area (Å²) in [6.07, 6.45) is 0.455. The summed E-state index contributed by atoms with van der Waals surface area (Å²) in [4.78, 5) is 11.5. The lowest BCUT2D eigenvalue weighted by atomic mass is 10.2. The Morgan fingerprint density at radius 2 is 1.36 bits per heavy atom. The van der Waals surface area contributed by atoms with Crippen molar-refractivity contribution in [3.8, 4) is 11.8 Å². The number of esters is 1. The van der Waals surface area contributed by atoms with Crippen LogP contribution in [0.3, 0.4) is 0 Å². The summed E-state index contributed by atoms with van der Waals surface area (Å²) >= 11 is 6.01. The van der Waals surface area contributed by atoms with Crippen LogP contribution in [-0.2, 0) is 28.6 Å². The van der Waals surface area contributed by atoms with Crippen LogP contribution in [0.5, 0.6) is 0 Å². The summed E-state index contributed by atoms with van der Waals surface area (Å²) in [5, 5.41) is 0.432. The normalized spacial score (nSPS) is 10.9. The van der Waals surface area contributed by atoms with E-state index in [4.69, 9.17) is 22.3 Å². The van der Waals surface area contributed by atoms with E-state index in [2.05, 4.69) is 21.3 Å². The number of methoxy groups -OCH3 is 1. The second-order valence-electron chi connectivity index (χ2n) is 8.76. The second-order valence-corrected chi connectivity index (χ2v) is 13.4. The minimum atomic E-state index is -3.78. The number of aryl methyl sites for hydroxylation is 4. The summed E-state index contributed by atoms with van der Waals surface area (Å²) in [7, 11) is -0.865. The van der Waals surface area contributed by atoms with Gasteiger partial charge in [0.2, 0.25) is 0 Å². The van der Waals surface area contributed by atoms with Gasteiger partial charge in [-0.15, -0.1) is 0 Å². The first-order chi connectivity index (χ1) is 18.1. The summed E-state index contributed by atoms with van der Waals surface area (Å²) in [6, 6.07) is 14.8. The van der Waals surface area contributed by atoms with Crippen LogP contribution < -0.4 is 4.72 Å². The molecule has 0 fully saturated rings. The third-order valence-electron chi connectivity index (χ3n) is 5.11. The molecule has 0 saturated carbocycles. The highest BCUT2D eigenvalue weighted by molar-refractivity contribution is 8.13. The van der Waals surface area contributed by atoms with Crippen molar-refractivity contribution < 1.29 is 26.4 Å². The fraction of sp³-hybridized carbons (Fsp3) is 0.250. The van der Waals surface area contributed by atoms with Gasteiger partial charge in [-0.05, 0) is 92.4 Å². The van der Waals surface area contributed by atoms with Crippen LogP contribution in [0.1, 0.15) is 40.7 Å². The molecule has 0 atom stereocenters. The van der Waals surface area contributed by atoms with Gasteiger partial charge in [0.1, 0.15) is 0 Å². The summed E-state index contributed by atoms with van der Waals surface area (Å²) in [5.74, 6) is 5.34. The topological polar surface area (TPSA) is 107 Å². The molecule has 0 bridgehead atoms. The van der Waals surface area contributed by atoms with Gasteiger partial charge in [0, 0.05) is 22.1 Å². The Hall–Kier alpha value is -3.03. The van der Waals surface area contributed by atoms with Gasteiger partial charge in [0.05, 0.1) is 34.6 Å². The van der Waals surface area contributed by atoms with Gasteiger partial charge in [-0.1, -0.05) is 35.6 Å². The zero-order valence-electron chi connectivity index (χ0n) is 22.1. The van der Waals surface area contributed by atoms with Crippen LogP contribution in [0.4, 0.5) is 5.69 Å². The number of carbonyl (C=O) groups is 1. The van der Waals surface area contributed by atoms with Crippen LogP contribution in [0, 0.1) is 39.5 Å². The molecule has 0 radical (unpaired) electrons. The molecule has 3 rings (SSSR count). The van der Waals surface area contributed by atoms with Crippen molar-refractivity contribution in [3.63, 3.8) is 0 Å². The number of hydrogen-bond acceptors (Lipinski definition) is 6. The summed E-state index contributed by atoms with van der Waals surface area (Å²) < 4.78 is 54.4. The molecule has 0 aliphatic heterocycles. The van der Waals surface area contributed by atoms with Gasteiger partial charge < -0.3 is 4.74 Å². The molecule has 39 heavy (non-hydrogen) atoms. The Bertz CT molecular complexity index is 1600. The number of anilines is 1. The van der Waals surface area contributed by atoms with E-state index in [-0.39, 0.29) is 22.2 Å². The highest BCUT2D eigenvalue weighted by Crippen LogP contribution is 2.24. The first kappa shape index (κ1) is 32.2. The van der Waals surface area contributed by atoms with Crippen LogP contribution in [0.2, 0.25) is 5.02 Å². The maximum atomic E-state index is 12.7. The Labute approximate surface area is 240 Å². The lowest BCUT2D eigenvalue weighted by Crippen LogP contribution is -2.14. The Kier molecular flexibility index (Phi) is 11.4. The number of ether oxygens (including phenoxy) is 1. The van der Waals surface area contributed by atoms with Crippen molar-refractivity contribution in [1.82, 2.24) is 0 Å². The van der Waals surface area contributed by atoms with E-state index < -0.39 is 19.1 Å². The molecule has 3 aromatic carbocycles. The van der Waals surface area contributed by atoms with Crippen LogP contribution in [0.15, 0.2) is 64.4 Å². The number of rotatable bonds is 6. The molecular formula is C28H29Cl2NO6S2. The largest absolute Gasteiger partial charge is 0.469 e. The molecule has 0 aliphatic rings. The van der Waals surface area contributed by atoms with Crippen molar-refractivity contribution in [1.29, 1.82) is 0 Å². The maximum Gasteiger partial charge on any atom is 0.306 e. The van der Waals surface area contributed by atoms with E-state index >= 15 is 0 Å². The van der Waals surface area contributed by atoms with E-state index in [1.54, 1.807) is 42.5 Å². The molecule has 208 valence electrons. The van der Waals surface area contributed by atoms with Gasteiger partial charge in [-0.3, -0.25) is 9.52 Å². The average molecular weight is 611 g/mol. The van der Waals surface area contributed by atoms with Crippen molar-refractivity contribution in [2.24, 2.45) is 0 Å². The fourth-order valence-corrected chi connectivity index (χ4v) is 5.86. The number of halogens is 2. The van der Waals surface area contributed by atoms with Gasteiger partial charge in [0.15, 0.2) is 0 Å². The molecular weight excluding hydrogens is 581 g/mol. The average Bonchev–Trinajstić information content (AvgIpc) is 2.82. The number of sulfonamides is 1. The monoisotopic (exact) mass is 609 g/mol. The first-order valence-electron chi connectivity index (χ1n) is 11.6.